The molecule has 0 aromatic heterocycles. The summed E-state index contributed by atoms with van der Waals surface area (Å²) in [6.45, 7) is 1.37. The number of nitrogens with zero attached hydrogens (tertiary/aromatic N) is 3. The first-order valence-electron chi connectivity index (χ1n) is 10.3. The Morgan fingerprint density at radius 3 is 2.25 bits per heavy atom. The van der Waals surface area contributed by atoms with Gasteiger partial charge < -0.3 is 15.5 Å². The number of carbonyl (C=O) groups is 3. The molecule has 3 amide bonds. The largest absolute Gasteiger partial charge is 0.341 e. The molecule has 7 heteroatoms. The van der Waals surface area contributed by atoms with Crippen LogP contribution in [0.1, 0.15) is 44.9 Å². The van der Waals surface area contributed by atoms with E-state index >= 15 is 0 Å². The first kappa shape index (κ1) is 18.9. The summed E-state index contributed by atoms with van der Waals surface area (Å²) >= 11 is 0. The molecule has 150 valence electrons. The number of hydrogen-bond donors (Lipinski definition) is 1. The number of hydrogen-bond acceptors (Lipinski definition) is 4. The Hall–Kier alpha value is -2.41. The van der Waals surface area contributed by atoms with Gasteiger partial charge in [-0.05, 0) is 37.8 Å². The summed E-state index contributed by atoms with van der Waals surface area (Å²) in [6, 6.07) is 6.14. The standard InChI is InChI=1S/C21H28N4O3/c22-19-20(27)24(14-18(26)23-12-6-7-13-23)16-10-4-5-11-17(16)25(21(19)28)15-8-2-1-3-9-15/h4-5,10-11,15,19H,1-3,6-9,12-14,22H2. The Morgan fingerprint density at radius 1 is 0.929 bits per heavy atom. The minimum atomic E-state index is -1.28. The van der Waals surface area contributed by atoms with E-state index in [9.17, 15) is 14.4 Å². The maximum absolute atomic E-state index is 13.2. The van der Waals surface area contributed by atoms with Crippen LogP contribution in [0.15, 0.2) is 24.3 Å². The van der Waals surface area contributed by atoms with Crippen LogP contribution in [0.25, 0.3) is 0 Å². The molecule has 1 saturated heterocycles. The second kappa shape index (κ2) is 7.91. The zero-order chi connectivity index (χ0) is 19.7. The molecule has 7 nitrogen and oxygen atoms in total. The Kier molecular flexibility index (Phi) is 5.35. The van der Waals surface area contributed by atoms with Crippen molar-refractivity contribution in [3.8, 4) is 0 Å². The summed E-state index contributed by atoms with van der Waals surface area (Å²) in [5, 5.41) is 0. The lowest BCUT2D eigenvalue weighted by atomic mass is 9.93. The zero-order valence-corrected chi connectivity index (χ0v) is 16.2. The molecule has 0 spiro atoms. The minimum absolute atomic E-state index is 0.0514. The molecular weight excluding hydrogens is 356 g/mol. The van der Waals surface area contributed by atoms with Gasteiger partial charge in [-0.25, -0.2) is 0 Å². The molecule has 0 radical (unpaired) electrons. The number of carbonyl (C=O) groups excluding carboxylic acids is 3. The fourth-order valence-corrected chi connectivity index (χ4v) is 4.64. The predicted molar refractivity (Wildman–Crippen MR) is 107 cm³/mol. The number of nitrogens with two attached hydrogens (primary N) is 1. The lowest BCUT2D eigenvalue weighted by Gasteiger charge is -2.35. The monoisotopic (exact) mass is 384 g/mol. The van der Waals surface area contributed by atoms with E-state index in [0.29, 0.717) is 11.4 Å². The Morgan fingerprint density at radius 2 is 1.57 bits per heavy atom. The van der Waals surface area contributed by atoms with Crippen LogP contribution >= 0.6 is 0 Å². The molecule has 0 bridgehead atoms. The first-order valence-corrected chi connectivity index (χ1v) is 10.3. The van der Waals surface area contributed by atoms with E-state index in [2.05, 4.69) is 0 Å². The molecule has 28 heavy (non-hydrogen) atoms. The maximum Gasteiger partial charge on any atom is 0.254 e. The number of para-hydroxylation sites is 2. The van der Waals surface area contributed by atoms with Crippen molar-refractivity contribution in [2.75, 3.05) is 29.4 Å². The van der Waals surface area contributed by atoms with Crippen LogP contribution in [0, 0.1) is 0 Å². The number of amides is 3. The smallest absolute Gasteiger partial charge is 0.254 e. The molecule has 1 atom stereocenters. The van der Waals surface area contributed by atoms with Crippen molar-refractivity contribution < 1.29 is 14.4 Å². The number of likely N-dealkylation sites (tertiary alicyclic amines) is 1. The van der Waals surface area contributed by atoms with Crippen molar-refractivity contribution in [3.63, 3.8) is 0 Å². The van der Waals surface area contributed by atoms with Crippen LogP contribution in [0.5, 0.6) is 0 Å². The highest BCUT2D eigenvalue weighted by atomic mass is 16.2. The number of fused-ring (bicyclic) bond motifs is 1. The van der Waals surface area contributed by atoms with Crippen molar-refractivity contribution in [1.82, 2.24) is 4.90 Å². The van der Waals surface area contributed by atoms with E-state index in [1.54, 1.807) is 9.80 Å². The Balaban J connectivity index is 1.70. The van der Waals surface area contributed by atoms with Gasteiger partial charge in [0.25, 0.3) is 11.8 Å². The molecule has 1 aromatic rings. The molecule has 4 rings (SSSR count). The highest BCUT2D eigenvalue weighted by molar-refractivity contribution is 6.21. The van der Waals surface area contributed by atoms with Gasteiger partial charge in [0.15, 0.2) is 6.04 Å². The molecule has 1 saturated carbocycles. The van der Waals surface area contributed by atoms with Gasteiger partial charge in [0.1, 0.15) is 6.54 Å². The molecular formula is C21H28N4O3. The molecule has 2 fully saturated rings. The van der Waals surface area contributed by atoms with Gasteiger partial charge in [-0.2, -0.15) is 0 Å². The van der Waals surface area contributed by atoms with Gasteiger partial charge in [0.2, 0.25) is 5.91 Å². The van der Waals surface area contributed by atoms with Gasteiger partial charge in [-0.3, -0.25) is 19.3 Å². The summed E-state index contributed by atoms with van der Waals surface area (Å²) in [4.78, 5) is 43.9. The van der Waals surface area contributed by atoms with E-state index < -0.39 is 11.9 Å². The molecule has 3 aliphatic rings. The molecule has 1 aromatic carbocycles. The molecule has 1 unspecified atom stereocenters. The second-order valence-electron chi connectivity index (χ2n) is 7.98. The van der Waals surface area contributed by atoms with Crippen molar-refractivity contribution in [2.45, 2.75) is 57.0 Å². The quantitative estimate of drug-likeness (QED) is 0.803. The van der Waals surface area contributed by atoms with Crippen LogP contribution in [0.3, 0.4) is 0 Å². The predicted octanol–water partition coefficient (Wildman–Crippen LogP) is 1.65. The van der Waals surface area contributed by atoms with Gasteiger partial charge in [0, 0.05) is 19.1 Å². The van der Waals surface area contributed by atoms with Crippen molar-refractivity contribution in [1.29, 1.82) is 0 Å². The van der Waals surface area contributed by atoms with E-state index in [4.69, 9.17) is 5.73 Å². The topological polar surface area (TPSA) is 86.9 Å². The van der Waals surface area contributed by atoms with Crippen LogP contribution in [0.4, 0.5) is 11.4 Å². The fourth-order valence-electron chi connectivity index (χ4n) is 4.64. The molecule has 2 N–H and O–H groups in total. The number of rotatable bonds is 3. The minimum Gasteiger partial charge on any atom is -0.341 e. The summed E-state index contributed by atoms with van der Waals surface area (Å²) in [7, 11) is 0. The van der Waals surface area contributed by atoms with E-state index in [-0.39, 0.29) is 24.4 Å². The fraction of sp³-hybridized carbons (Fsp3) is 0.571. The highest BCUT2D eigenvalue weighted by Gasteiger charge is 2.41. The second-order valence-corrected chi connectivity index (χ2v) is 7.98. The van der Waals surface area contributed by atoms with Crippen LogP contribution in [-0.4, -0.2) is 54.3 Å². The van der Waals surface area contributed by atoms with Gasteiger partial charge >= 0.3 is 0 Å². The lowest BCUT2D eigenvalue weighted by Crippen LogP contribution is -2.55. The van der Waals surface area contributed by atoms with Gasteiger partial charge in [0.05, 0.1) is 11.4 Å². The third-order valence-corrected chi connectivity index (χ3v) is 6.16. The average Bonchev–Trinajstić information content (AvgIpc) is 3.25. The summed E-state index contributed by atoms with van der Waals surface area (Å²) in [6.07, 6.45) is 7.10. The van der Waals surface area contributed by atoms with Crippen molar-refractivity contribution >= 4 is 29.1 Å². The van der Waals surface area contributed by atoms with Gasteiger partial charge in [-0.1, -0.05) is 31.4 Å². The summed E-state index contributed by atoms with van der Waals surface area (Å²) in [5.41, 5.74) is 7.40. The SMILES string of the molecule is NC1C(=O)N(CC(=O)N2CCCC2)c2ccccc2N(C2CCCCC2)C1=O. The Labute approximate surface area is 165 Å². The average molecular weight is 384 g/mol. The van der Waals surface area contributed by atoms with Crippen LogP contribution < -0.4 is 15.5 Å². The number of benzene rings is 1. The molecule has 2 aliphatic heterocycles. The van der Waals surface area contributed by atoms with E-state index in [1.807, 2.05) is 24.3 Å². The molecule has 2 heterocycles. The normalized spacial score (nSPS) is 23.8. The summed E-state index contributed by atoms with van der Waals surface area (Å²) in [5.74, 6) is -0.949. The van der Waals surface area contributed by atoms with E-state index in [0.717, 1.165) is 51.6 Å². The third-order valence-electron chi connectivity index (χ3n) is 6.16. The zero-order valence-electron chi connectivity index (χ0n) is 16.2. The maximum atomic E-state index is 13.2. The highest BCUT2D eigenvalue weighted by Crippen LogP contribution is 2.37. The summed E-state index contributed by atoms with van der Waals surface area (Å²) < 4.78 is 0. The Bertz CT molecular complexity index is 769. The number of anilines is 2. The van der Waals surface area contributed by atoms with E-state index in [1.165, 1.54) is 11.3 Å². The van der Waals surface area contributed by atoms with Crippen molar-refractivity contribution in [2.24, 2.45) is 5.73 Å². The molecule has 1 aliphatic carbocycles. The third kappa shape index (κ3) is 3.39. The van der Waals surface area contributed by atoms with Crippen LogP contribution in [-0.2, 0) is 14.4 Å². The van der Waals surface area contributed by atoms with Gasteiger partial charge in [-0.15, -0.1) is 0 Å². The van der Waals surface area contributed by atoms with Crippen molar-refractivity contribution in [3.05, 3.63) is 24.3 Å². The van der Waals surface area contributed by atoms with Crippen LogP contribution in [0.2, 0.25) is 0 Å². The lowest BCUT2D eigenvalue weighted by molar-refractivity contribution is -0.132. The first-order chi connectivity index (χ1) is 13.6.